The molecule has 0 aliphatic heterocycles. The Morgan fingerprint density at radius 1 is 1.21 bits per heavy atom. The molecule has 0 radical (unpaired) electrons. The van der Waals surface area contributed by atoms with Gasteiger partial charge in [-0.1, -0.05) is 17.7 Å². The number of rotatable bonds is 7. The largest absolute Gasteiger partial charge is 0.465 e. The van der Waals surface area contributed by atoms with E-state index in [1.807, 2.05) is 32.9 Å². The molecule has 0 aliphatic carbocycles. The van der Waals surface area contributed by atoms with Crippen molar-refractivity contribution >= 4 is 11.9 Å². The number of ether oxygens (including phenoxy) is 1. The summed E-state index contributed by atoms with van der Waals surface area (Å²) in [6, 6.07) is 2.96. The van der Waals surface area contributed by atoms with E-state index in [9.17, 15) is 14.7 Å². The van der Waals surface area contributed by atoms with Crippen LogP contribution < -0.4 is 0 Å². The molecule has 0 bridgehead atoms. The number of esters is 1. The lowest BCUT2D eigenvalue weighted by atomic mass is 9.97. The summed E-state index contributed by atoms with van der Waals surface area (Å²) in [6.07, 6.45) is -0.942. The van der Waals surface area contributed by atoms with Gasteiger partial charge in [0.2, 0.25) is 0 Å². The van der Waals surface area contributed by atoms with Crippen molar-refractivity contribution in [3.05, 3.63) is 34.4 Å². The number of hydroxylamine groups is 2. The highest BCUT2D eigenvalue weighted by Gasteiger charge is 2.32. The lowest BCUT2D eigenvalue weighted by Gasteiger charge is -2.27. The molecule has 1 N–H and O–H groups in total. The average molecular weight is 337 g/mol. The van der Waals surface area contributed by atoms with Crippen LogP contribution in [0.15, 0.2) is 12.1 Å². The molecule has 1 aromatic rings. The first-order chi connectivity index (χ1) is 11.2. The third-order valence-corrected chi connectivity index (χ3v) is 3.78. The fraction of sp³-hybridized carbons (Fsp3) is 0.556. The topological polar surface area (TPSA) is 76.1 Å². The molecule has 0 aliphatic rings. The van der Waals surface area contributed by atoms with Crippen molar-refractivity contribution in [3.8, 4) is 0 Å². The fourth-order valence-electron chi connectivity index (χ4n) is 2.76. The van der Waals surface area contributed by atoms with Crippen LogP contribution in [-0.2, 0) is 25.6 Å². The van der Waals surface area contributed by atoms with Crippen molar-refractivity contribution in [2.75, 3.05) is 13.7 Å². The molecule has 0 saturated carbocycles. The van der Waals surface area contributed by atoms with Crippen molar-refractivity contribution in [2.24, 2.45) is 0 Å². The van der Waals surface area contributed by atoms with Crippen molar-refractivity contribution < 1.29 is 24.3 Å². The van der Waals surface area contributed by atoms with Crippen LogP contribution in [0.25, 0.3) is 0 Å². The van der Waals surface area contributed by atoms with E-state index in [-0.39, 0.29) is 13.0 Å². The van der Waals surface area contributed by atoms with Gasteiger partial charge in [0.05, 0.1) is 19.1 Å². The third-order valence-electron chi connectivity index (χ3n) is 3.78. The smallest absolute Gasteiger partial charge is 0.329 e. The second kappa shape index (κ2) is 8.80. The normalized spacial score (nSPS) is 13.5. The van der Waals surface area contributed by atoms with Gasteiger partial charge in [-0.25, -0.2) is 4.79 Å². The molecule has 0 aromatic heterocycles. The number of benzene rings is 1. The van der Waals surface area contributed by atoms with E-state index in [1.54, 1.807) is 6.92 Å². The quantitative estimate of drug-likeness (QED) is 0.604. The predicted molar refractivity (Wildman–Crippen MR) is 90.3 cm³/mol. The van der Waals surface area contributed by atoms with Crippen LogP contribution in [0.4, 0.5) is 0 Å². The summed E-state index contributed by atoms with van der Waals surface area (Å²) >= 11 is 0. The van der Waals surface area contributed by atoms with Crippen molar-refractivity contribution in [3.63, 3.8) is 0 Å². The highest BCUT2D eigenvalue weighted by molar-refractivity contribution is 5.77. The summed E-state index contributed by atoms with van der Waals surface area (Å²) in [5, 5.41) is 10.8. The van der Waals surface area contributed by atoms with Crippen molar-refractivity contribution in [2.45, 2.75) is 53.2 Å². The van der Waals surface area contributed by atoms with E-state index in [4.69, 9.17) is 9.57 Å². The first kappa shape index (κ1) is 20.1. The minimum atomic E-state index is -1.06. The summed E-state index contributed by atoms with van der Waals surface area (Å²) in [5.74, 6) is -1.13. The van der Waals surface area contributed by atoms with E-state index in [0.717, 1.165) is 27.3 Å². The summed E-state index contributed by atoms with van der Waals surface area (Å²) < 4.78 is 4.91. The molecule has 24 heavy (non-hydrogen) atoms. The lowest BCUT2D eigenvalue weighted by Crippen LogP contribution is -2.47. The molecule has 6 heteroatoms. The van der Waals surface area contributed by atoms with Crippen LogP contribution >= 0.6 is 0 Å². The van der Waals surface area contributed by atoms with Gasteiger partial charge in [0, 0.05) is 7.05 Å². The SMILES string of the molecule is CCOC(=O)[C@H]([C@@H](C)O)N(C)OC(=O)Cc1c(C)cc(C)cc1C. The monoisotopic (exact) mass is 337 g/mol. The summed E-state index contributed by atoms with van der Waals surface area (Å²) in [5.41, 5.74) is 4.08. The molecule has 0 spiro atoms. The zero-order chi connectivity index (χ0) is 18.4. The van der Waals surface area contributed by atoms with Gasteiger partial charge in [-0.3, -0.25) is 4.79 Å². The highest BCUT2D eigenvalue weighted by Crippen LogP contribution is 2.18. The van der Waals surface area contributed by atoms with Crippen LogP contribution in [0.2, 0.25) is 0 Å². The molecular weight excluding hydrogens is 310 g/mol. The molecule has 0 amide bonds. The summed E-state index contributed by atoms with van der Waals surface area (Å²) in [6.45, 7) is 9.20. The van der Waals surface area contributed by atoms with E-state index in [1.165, 1.54) is 14.0 Å². The van der Waals surface area contributed by atoms with Crippen LogP contribution in [0.3, 0.4) is 0 Å². The fourth-order valence-corrected chi connectivity index (χ4v) is 2.76. The Bertz CT molecular complexity index is 574. The maximum absolute atomic E-state index is 12.2. The minimum Gasteiger partial charge on any atom is -0.465 e. The Hall–Kier alpha value is -1.92. The second-order valence-corrected chi connectivity index (χ2v) is 6.00. The van der Waals surface area contributed by atoms with Gasteiger partial charge in [-0.15, -0.1) is 5.06 Å². The van der Waals surface area contributed by atoms with E-state index >= 15 is 0 Å². The number of likely N-dealkylation sites (N-methyl/N-ethyl adjacent to an activating group) is 1. The summed E-state index contributed by atoms with van der Waals surface area (Å²) in [7, 11) is 1.43. The Kier molecular flexibility index (Phi) is 7.38. The Labute approximate surface area is 143 Å². The number of aryl methyl sites for hydroxylation is 3. The molecule has 0 saturated heterocycles. The first-order valence-corrected chi connectivity index (χ1v) is 8.02. The number of carbonyl (C=O) groups is 2. The van der Waals surface area contributed by atoms with Crippen LogP contribution in [0, 0.1) is 20.8 Å². The van der Waals surface area contributed by atoms with Crippen LogP contribution in [0.1, 0.15) is 36.1 Å². The van der Waals surface area contributed by atoms with Crippen molar-refractivity contribution in [1.82, 2.24) is 5.06 Å². The molecule has 1 rings (SSSR count). The van der Waals surface area contributed by atoms with Crippen LogP contribution in [0.5, 0.6) is 0 Å². The molecular formula is C18H27NO5. The Morgan fingerprint density at radius 3 is 2.21 bits per heavy atom. The van der Waals surface area contributed by atoms with Crippen molar-refractivity contribution in [1.29, 1.82) is 0 Å². The van der Waals surface area contributed by atoms with E-state index in [2.05, 4.69) is 0 Å². The molecule has 0 unspecified atom stereocenters. The van der Waals surface area contributed by atoms with Gasteiger partial charge in [0.25, 0.3) is 0 Å². The van der Waals surface area contributed by atoms with Crippen LogP contribution in [-0.4, -0.2) is 47.9 Å². The minimum absolute atomic E-state index is 0.0949. The molecule has 2 atom stereocenters. The average Bonchev–Trinajstić information content (AvgIpc) is 2.42. The molecule has 0 fully saturated rings. The standard InChI is InChI=1S/C18H27NO5/c1-7-23-18(22)17(14(5)20)19(6)24-16(21)10-15-12(3)8-11(2)9-13(15)4/h8-9,14,17,20H,7,10H2,1-6H3/t14-,17+/m1/s1. The number of nitrogens with zero attached hydrogens (tertiary/aromatic N) is 1. The first-order valence-electron chi connectivity index (χ1n) is 8.02. The number of carbonyl (C=O) groups excluding carboxylic acids is 2. The zero-order valence-corrected chi connectivity index (χ0v) is 15.3. The Morgan fingerprint density at radius 2 is 1.75 bits per heavy atom. The molecule has 6 nitrogen and oxygen atoms in total. The maximum atomic E-state index is 12.2. The number of hydrogen-bond donors (Lipinski definition) is 1. The lowest BCUT2D eigenvalue weighted by molar-refractivity contribution is -0.208. The maximum Gasteiger partial charge on any atom is 0.329 e. The molecule has 1 aromatic carbocycles. The van der Waals surface area contributed by atoms with Gasteiger partial charge in [0.1, 0.15) is 0 Å². The summed E-state index contributed by atoms with van der Waals surface area (Å²) in [4.78, 5) is 29.3. The molecule has 0 heterocycles. The van der Waals surface area contributed by atoms with E-state index < -0.39 is 24.1 Å². The number of aliphatic hydroxyl groups is 1. The van der Waals surface area contributed by atoms with Gasteiger partial charge < -0.3 is 14.7 Å². The highest BCUT2D eigenvalue weighted by atomic mass is 16.7. The van der Waals surface area contributed by atoms with Gasteiger partial charge >= 0.3 is 11.9 Å². The Balaban J connectivity index is 2.81. The van der Waals surface area contributed by atoms with Gasteiger partial charge in [0.15, 0.2) is 6.04 Å². The number of hydrogen-bond acceptors (Lipinski definition) is 6. The second-order valence-electron chi connectivity index (χ2n) is 6.00. The van der Waals surface area contributed by atoms with Gasteiger partial charge in [-0.05, 0) is 51.3 Å². The zero-order valence-electron chi connectivity index (χ0n) is 15.3. The molecule has 134 valence electrons. The van der Waals surface area contributed by atoms with Gasteiger partial charge in [-0.2, -0.15) is 0 Å². The number of aliphatic hydroxyl groups excluding tert-OH is 1. The van der Waals surface area contributed by atoms with E-state index in [0.29, 0.717) is 0 Å². The predicted octanol–water partition coefficient (Wildman–Crippen LogP) is 1.86. The third kappa shape index (κ3) is 5.32.